The second-order valence-electron chi connectivity index (χ2n) is 9.16. The Morgan fingerprint density at radius 2 is 1.68 bits per heavy atom. The number of benzene rings is 2. The number of nitrogens with zero attached hydrogens (tertiary/aromatic N) is 5. The third kappa shape index (κ3) is 3.63. The summed E-state index contributed by atoms with van der Waals surface area (Å²) in [6.07, 6.45) is 0. The molecule has 0 bridgehead atoms. The van der Waals surface area contributed by atoms with Gasteiger partial charge in [-0.25, -0.2) is 4.79 Å². The van der Waals surface area contributed by atoms with Crippen molar-refractivity contribution in [3.63, 3.8) is 0 Å². The van der Waals surface area contributed by atoms with Crippen LogP contribution >= 0.6 is 0 Å². The monoisotopic (exact) mass is 453 g/mol. The van der Waals surface area contributed by atoms with Gasteiger partial charge in [-0.15, -0.1) is 0 Å². The Morgan fingerprint density at radius 3 is 2.44 bits per heavy atom. The molecule has 5 aromatic rings. The number of fused-ring (bicyclic) bond motifs is 2. The Kier molecular flexibility index (Phi) is 5.40. The zero-order chi connectivity index (χ0) is 24.0. The summed E-state index contributed by atoms with van der Waals surface area (Å²) in [5, 5.41) is 7.54. The molecule has 0 saturated heterocycles. The van der Waals surface area contributed by atoms with Gasteiger partial charge in [0, 0.05) is 19.3 Å². The fourth-order valence-electron chi connectivity index (χ4n) is 4.53. The molecule has 0 saturated carbocycles. The Bertz CT molecular complexity index is 1650. The molecule has 0 N–H and O–H groups in total. The number of aromatic nitrogens is 5. The first kappa shape index (κ1) is 21.8. The van der Waals surface area contributed by atoms with Gasteiger partial charge in [-0.2, -0.15) is 5.10 Å². The van der Waals surface area contributed by atoms with Gasteiger partial charge in [-0.05, 0) is 41.3 Å². The lowest BCUT2D eigenvalue weighted by molar-refractivity contribution is 0.498. The smallest absolute Gasteiger partial charge is 0.276 e. The van der Waals surface area contributed by atoms with E-state index in [-0.39, 0.29) is 17.2 Å². The molecule has 0 spiro atoms. The van der Waals surface area contributed by atoms with Gasteiger partial charge >= 0.3 is 5.69 Å². The van der Waals surface area contributed by atoms with Crippen LogP contribution in [-0.2, 0) is 20.1 Å². The normalized spacial score (nSPS) is 11.7. The van der Waals surface area contributed by atoms with Gasteiger partial charge in [-0.3, -0.25) is 23.6 Å². The number of rotatable bonds is 5. The lowest BCUT2D eigenvalue weighted by Crippen LogP contribution is -2.38. The first-order chi connectivity index (χ1) is 16.3. The zero-order valence-corrected chi connectivity index (χ0v) is 19.8. The Hall–Kier alpha value is -4.00. The van der Waals surface area contributed by atoms with Crippen molar-refractivity contribution < 1.29 is 0 Å². The van der Waals surface area contributed by atoms with Gasteiger partial charge < -0.3 is 0 Å². The number of hydrogen-bond acceptors (Lipinski definition) is 4. The molecule has 0 fully saturated rings. The Balaban J connectivity index is 1.85. The van der Waals surface area contributed by atoms with Crippen LogP contribution in [0.25, 0.3) is 33.2 Å². The van der Waals surface area contributed by atoms with E-state index in [9.17, 15) is 9.59 Å². The maximum atomic E-state index is 13.4. The third-order valence-electron chi connectivity index (χ3n) is 6.10. The summed E-state index contributed by atoms with van der Waals surface area (Å²) in [4.78, 5) is 31.2. The van der Waals surface area contributed by atoms with Crippen LogP contribution < -0.4 is 11.2 Å². The van der Waals surface area contributed by atoms with Crippen molar-refractivity contribution in [3.8, 4) is 11.4 Å². The quantitative estimate of drug-likeness (QED) is 0.401. The van der Waals surface area contributed by atoms with Crippen molar-refractivity contribution in [2.75, 3.05) is 0 Å². The molecule has 0 atom stereocenters. The standard InChI is InChI=1S/C27H27N5O2/c1-17(2)15-31-25-23(26(33)30(4)27(31)34)24(22-14-7-9-18(3)28-22)32(29-25)16-20-12-8-11-19-10-5-6-13-21(19)20/h5-14,17H,15-16H2,1-4H3. The minimum absolute atomic E-state index is 0.210. The third-order valence-corrected chi connectivity index (χ3v) is 6.10. The van der Waals surface area contributed by atoms with Crippen molar-refractivity contribution in [1.29, 1.82) is 0 Å². The van der Waals surface area contributed by atoms with E-state index in [0.29, 0.717) is 35.5 Å². The SMILES string of the molecule is Cc1cccc(-c2c3c(=O)n(C)c(=O)n(CC(C)C)c3nn2Cc2cccc3ccccc23)n1. The molecule has 3 heterocycles. The first-order valence-corrected chi connectivity index (χ1v) is 11.5. The Morgan fingerprint density at radius 1 is 0.941 bits per heavy atom. The summed E-state index contributed by atoms with van der Waals surface area (Å²) in [5.41, 5.74) is 2.90. The highest BCUT2D eigenvalue weighted by atomic mass is 16.2. The molecule has 2 aromatic carbocycles. The average molecular weight is 454 g/mol. The molecular weight excluding hydrogens is 426 g/mol. The van der Waals surface area contributed by atoms with Crippen LogP contribution in [0.5, 0.6) is 0 Å². The summed E-state index contributed by atoms with van der Waals surface area (Å²) < 4.78 is 4.61. The fourth-order valence-corrected chi connectivity index (χ4v) is 4.53. The molecular formula is C27H27N5O2. The van der Waals surface area contributed by atoms with E-state index in [4.69, 9.17) is 10.1 Å². The largest absolute Gasteiger partial charge is 0.332 e. The van der Waals surface area contributed by atoms with Gasteiger partial charge in [0.2, 0.25) is 0 Å². The maximum absolute atomic E-state index is 13.4. The van der Waals surface area contributed by atoms with Crippen LogP contribution in [0, 0.1) is 12.8 Å². The first-order valence-electron chi connectivity index (χ1n) is 11.5. The highest BCUT2D eigenvalue weighted by Crippen LogP contribution is 2.28. The molecule has 3 aromatic heterocycles. The topological polar surface area (TPSA) is 74.7 Å². The van der Waals surface area contributed by atoms with Gasteiger partial charge in [0.05, 0.1) is 12.2 Å². The minimum Gasteiger partial charge on any atom is -0.276 e. The number of hydrogen-bond donors (Lipinski definition) is 0. The summed E-state index contributed by atoms with van der Waals surface area (Å²) >= 11 is 0. The van der Waals surface area contributed by atoms with Gasteiger partial charge in [0.15, 0.2) is 5.65 Å². The predicted molar refractivity (Wildman–Crippen MR) is 135 cm³/mol. The highest BCUT2D eigenvalue weighted by molar-refractivity contribution is 5.90. The molecule has 172 valence electrons. The molecule has 0 aliphatic heterocycles. The molecule has 0 unspecified atom stereocenters. The van der Waals surface area contributed by atoms with E-state index < -0.39 is 0 Å². The fraction of sp³-hybridized carbons (Fsp3) is 0.259. The summed E-state index contributed by atoms with van der Waals surface area (Å²) in [5.74, 6) is 0.210. The molecule has 5 rings (SSSR count). The molecule has 0 radical (unpaired) electrons. The van der Waals surface area contributed by atoms with Crippen LogP contribution in [0.2, 0.25) is 0 Å². The minimum atomic E-state index is -0.359. The van der Waals surface area contributed by atoms with Crippen molar-refractivity contribution in [1.82, 2.24) is 23.9 Å². The van der Waals surface area contributed by atoms with Crippen LogP contribution in [0.15, 0.2) is 70.3 Å². The van der Waals surface area contributed by atoms with E-state index >= 15 is 0 Å². The Labute approximate surface area is 196 Å². The molecule has 34 heavy (non-hydrogen) atoms. The number of aryl methyl sites for hydroxylation is 1. The summed E-state index contributed by atoms with van der Waals surface area (Å²) in [7, 11) is 1.52. The second kappa shape index (κ2) is 8.41. The van der Waals surface area contributed by atoms with Crippen molar-refractivity contribution >= 4 is 21.8 Å². The summed E-state index contributed by atoms with van der Waals surface area (Å²) in [6.45, 7) is 6.92. The maximum Gasteiger partial charge on any atom is 0.332 e. The molecule has 7 heteroatoms. The zero-order valence-electron chi connectivity index (χ0n) is 19.8. The van der Waals surface area contributed by atoms with E-state index in [1.807, 2.05) is 61.9 Å². The number of pyridine rings is 1. The molecule has 0 aliphatic carbocycles. The second-order valence-corrected chi connectivity index (χ2v) is 9.16. The van der Waals surface area contributed by atoms with E-state index in [2.05, 4.69) is 24.3 Å². The predicted octanol–water partition coefficient (Wildman–Crippen LogP) is 4.12. The summed E-state index contributed by atoms with van der Waals surface area (Å²) in [6, 6.07) is 20.1. The van der Waals surface area contributed by atoms with Crippen LogP contribution in [-0.4, -0.2) is 23.9 Å². The lowest BCUT2D eigenvalue weighted by atomic mass is 10.0. The van der Waals surface area contributed by atoms with Crippen molar-refractivity contribution in [2.45, 2.75) is 33.9 Å². The van der Waals surface area contributed by atoms with Gasteiger partial charge in [0.25, 0.3) is 5.56 Å². The average Bonchev–Trinajstić information content (AvgIpc) is 3.19. The lowest BCUT2D eigenvalue weighted by Gasteiger charge is -2.11. The molecule has 7 nitrogen and oxygen atoms in total. The molecule has 0 amide bonds. The van der Waals surface area contributed by atoms with Crippen LogP contribution in [0.4, 0.5) is 0 Å². The van der Waals surface area contributed by atoms with E-state index in [1.54, 1.807) is 4.57 Å². The van der Waals surface area contributed by atoms with Gasteiger partial charge in [0.1, 0.15) is 11.1 Å². The van der Waals surface area contributed by atoms with Crippen molar-refractivity contribution in [2.24, 2.45) is 13.0 Å². The van der Waals surface area contributed by atoms with Crippen molar-refractivity contribution in [3.05, 3.63) is 92.8 Å². The highest BCUT2D eigenvalue weighted by Gasteiger charge is 2.23. The van der Waals surface area contributed by atoms with Crippen LogP contribution in [0.3, 0.4) is 0 Å². The van der Waals surface area contributed by atoms with E-state index in [1.165, 1.54) is 11.6 Å². The van der Waals surface area contributed by atoms with E-state index in [0.717, 1.165) is 22.0 Å². The molecule has 0 aliphatic rings. The van der Waals surface area contributed by atoms with Gasteiger partial charge in [-0.1, -0.05) is 62.4 Å². The van der Waals surface area contributed by atoms with Crippen LogP contribution in [0.1, 0.15) is 25.1 Å².